The number of nitrogens with zero attached hydrogens (tertiary/aromatic N) is 11. The van der Waals surface area contributed by atoms with Crippen LogP contribution in [0, 0.1) is 0 Å². The summed E-state index contributed by atoms with van der Waals surface area (Å²) in [4.78, 5) is 37.5. The van der Waals surface area contributed by atoms with Crippen molar-refractivity contribution in [2.45, 2.75) is 294 Å². The van der Waals surface area contributed by atoms with Gasteiger partial charge in [0.25, 0.3) is 0 Å². The van der Waals surface area contributed by atoms with E-state index in [0.717, 1.165) is 40.6 Å². The van der Waals surface area contributed by atoms with Gasteiger partial charge in [-0.25, -0.2) is 29.9 Å². The summed E-state index contributed by atoms with van der Waals surface area (Å²) in [6.45, 7) is 74.9. The van der Waals surface area contributed by atoms with Gasteiger partial charge in [0.2, 0.25) is 17.6 Å². The van der Waals surface area contributed by atoms with E-state index < -0.39 is 0 Å². The average Bonchev–Trinajstić information content (AvgIpc) is 0.961. The van der Waals surface area contributed by atoms with Crippen molar-refractivity contribution >= 4 is 0 Å². The van der Waals surface area contributed by atoms with E-state index in [-0.39, 0.29) is 37.9 Å². The lowest BCUT2D eigenvalue weighted by Gasteiger charge is -2.18. The van der Waals surface area contributed by atoms with Crippen LogP contribution in [0.3, 0.4) is 0 Å². The summed E-state index contributed by atoms with van der Waals surface area (Å²) >= 11 is 0. The number of pyridine rings is 3. The predicted molar refractivity (Wildman–Crippen MR) is 420 cm³/mol. The van der Waals surface area contributed by atoms with Crippen molar-refractivity contribution in [2.75, 3.05) is 42.7 Å². The zero-order valence-electron chi connectivity index (χ0n) is 70.4. The molecule has 560 valence electrons. The van der Waals surface area contributed by atoms with Crippen LogP contribution in [0.25, 0.3) is 0 Å². The van der Waals surface area contributed by atoms with Crippen LogP contribution in [0.2, 0.25) is 0 Å². The maximum Gasteiger partial charge on any atom is 0.316 e. The van der Waals surface area contributed by atoms with E-state index in [1.54, 1.807) is 86.0 Å². The molecule has 0 saturated heterocycles. The highest BCUT2D eigenvalue weighted by Gasteiger charge is 2.20. The number of ether oxygens (including phenoxy) is 6. The zero-order valence-corrected chi connectivity index (χ0v) is 70.4. The molecule has 0 atom stereocenters. The molecule has 0 aliphatic rings. The van der Waals surface area contributed by atoms with Gasteiger partial charge in [0.1, 0.15) is 11.6 Å². The Bertz CT molecular complexity index is 2300. The Hall–Kier alpha value is -7.43. The number of aryl methyl sites for hydroxylation is 1. The molecule has 0 unspecified atom stereocenters. The van der Waals surface area contributed by atoms with Crippen molar-refractivity contribution in [3.05, 3.63) is 150 Å². The summed E-state index contributed by atoms with van der Waals surface area (Å²) in [5.41, 5.74) is 8.58. The van der Waals surface area contributed by atoms with E-state index in [4.69, 9.17) is 28.4 Å². The SMILES string of the molecule is CC.CC.CC.CC.CC.CC.CC.CCc1ccc(C(C)(C)C)cn1.COc1ccc(C(C)(C)C)cn1.COc1ccc(C(C)(C)C)nc1.COc1ccc(C(C)(C)C)nn1.COc1cnc(C(C)(C)C)cn1.COc1cnc(C(C)(C)C)nc1.COc1ncc(C(C)(C)C)cn1. The summed E-state index contributed by atoms with van der Waals surface area (Å²) < 4.78 is 29.6. The Morgan fingerprint density at radius 3 is 0.898 bits per heavy atom. The van der Waals surface area contributed by atoms with E-state index in [1.165, 1.54) is 16.8 Å². The molecule has 7 aromatic heterocycles. The van der Waals surface area contributed by atoms with Gasteiger partial charge in [0.05, 0.1) is 85.0 Å². The Morgan fingerprint density at radius 2 is 0.622 bits per heavy atom. The third-order valence-electron chi connectivity index (χ3n) is 12.0. The highest BCUT2D eigenvalue weighted by molar-refractivity contribution is 5.25. The predicted octanol–water partition coefficient (Wildman–Crippen LogP) is 22.0. The molecule has 0 N–H and O–H groups in total. The lowest BCUT2D eigenvalue weighted by Crippen LogP contribution is -2.15. The first-order chi connectivity index (χ1) is 45.8. The molecule has 98 heavy (non-hydrogen) atoms. The van der Waals surface area contributed by atoms with Crippen LogP contribution in [0.5, 0.6) is 35.1 Å². The maximum absolute atomic E-state index is 5.02. The molecule has 0 aromatic carbocycles. The molecule has 17 heteroatoms. The molecule has 0 fully saturated rings. The lowest BCUT2D eigenvalue weighted by atomic mass is 9.88. The summed E-state index contributed by atoms with van der Waals surface area (Å²) in [5, 5.41) is 7.94. The minimum Gasteiger partial charge on any atom is -0.495 e. The number of hydrogen-bond donors (Lipinski definition) is 0. The van der Waals surface area contributed by atoms with Gasteiger partial charge >= 0.3 is 6.01 Å². The van der Waals surface area contributed by atoms with Gasteiger partial charge in [-0.05, 0) is 63.6 Å². The maximum atomic E-state index is 5.02. The molecule has 0 saturated carbocycles. The van der Waals surface area contributed by atoms with Crippen LogP contribution in [0.1, 0.15) is 295 Å². The first-order valence-electron chi connectivity index (χ1n) is 35.2. The Labute approximate surface area is 601 Å². The van der Waals surface area contributed by atoms with Crippen molar-refractivity contribution in [3.8, 4) is 35.1 Å². The molecule has 0 amide bonds. The molecule has 0 bridgehead atoms. The molecular weight excluding hydrogens is 1220 g/mol. The molecule has 7 aromatic rings. The molecule has 7 heterocycles. The highest BCUT2D eigenvalue weighted by Crippen LogP contribution is 2.26. The van der Waals surface area contributed by atoms with E-state index in [9.17, 15) is 0 Å². The van der Waals surface area contributed by atoms with Gasteiger partial charge in [-0.15, -0.1) is 5.10 Å². The van der Waals surface area contributed by atoms with Crippen LogP contribution < -0.4 is 28.4 Å². The van der Waals surface area contributed by atoms with Gasteiger partial charge in [0, 0.05) is 70.0 Å². The number of rotatable bonds is 7. The van der Waals surface area contributed by atoms with Crippen molar-refractivity contribution in [2.24, 2.45) is 0 Å². The summed E-state index contributed by atoms with van der Waals surface area (Å²) in [6.07, 6.45) is 17.0. The van der Waals surface area contributed by atoms with Crippen LogP contribution >= 0.6 is 0 Å². The molecule has 7 rings (SSSR count). The average molecular weight is 1370 g/mol. The third kappa shape index (κ3) is 48.3. The van der Waals surface area contributed by atoms with Crippen LogP contribution in [0.15, 0.2) is 104 Å². The molecule has 17 nitrogen and oxygen atoms in total. The fraction of sp³-hybridized carbons (Fsp3) is 0.617. The summed E-state index contributed by atoms with van der Waals surface area (Å²) in [5.74, 6) is 4.13. The van der Waals surface area contributed by atoms with E-state index in [1.807, 2.05) is 146 Å². The van der Waals surface area contributed by atoms with Crippen molar-refractivity contribution in [3.63, 3.8) is 0 Å². The minimum atomic E-state index is 0.00622. The van der Waals surface area contributed by atoms with Gasteiger partial charge < -0.3 is 28.4 Å². The number of aromatic nitrogens is 11. The molecule has 0 radical (unpaired) electrons. The van der Waals surface area contributed by atoms with E-state index in [0.29, 0.717) is 29.4 Å². The smallest absolute Gasteiger partial charge is 0.316 e. The molecular formula is C81H145N11O6. The number of hydrogen-bond acceptors (Lipinski definition) is 17. The van der Waals surface area contributed by atoms with Crippen molar-refractivity contribution in [1.29, 1.82) is 0 Å². The van der Waals surface area contributed by atoms with Gasteiger partial charge in [-0.3, -0.25) is 15.0 Å². The first kappa shape index (κ1) is 104. The van der Waals surface area contributed by atoms with Crippen molar-refractivity contribution < 1.29 is 28.4 Å². The highest BCUT2D eigenvalue weighted by atomic mass is 16.5. The lowest BCUT2D eigenvalue weighted by molar-refractivity contribution is 0.378. The van der Waals surface area contributed by atoms with Gasteiger partial charge in [-0.2, -0.15) is 5.10 Å². The summed E-state index contributed by atoms with van der Waals surface area (Å²) in [7, 11) is 9.61. The Balaban J connectivity index is -0.000000191. The largest absolute Gasteiger partial charge is 0.495 e. The molecule has 0 aliphatic heterocycles. The third-order valence-corrected chi connectivity index (χ3v) is 12.0. The standard InChI is InChI=1S/C11H17N.2C10H15NO.4C9H14N2O.7C2H6/c1-5-10-7-6-9(8-12-10)11(2,3)4;1-10(2,3)9-6-5-8(12-4)7-11-9;1-10(2,3)8-5-6-9(12-4)11-7-8;1-9(2,3)7-5-11-8(12-4)6-10-7;1-9(2,3)8-10-5-7(12-4)6-11-8;1-9(2,3)7-5-10-8(12-4)11-6-7;1-9(2,3)7-5-6-8(12-4)11-10-7;7*1-2/h6-8H,5H2,1-4H3;2*5-7H,1-4H3;4*5-6H,1-4H3;7*1-2H3. The fourth-order valence-electron chi connectivity index (χ4n) is 6.22. The second-order valence-electron chi connectivity index (χ2n) is 26.6. The Kier molecular flexibility index (Phi) is 59.9. The monoisotopic (exact) mass is 1370 g/mol. The van der Waals surface area contributed by atoms with Crippen LogP contribution in [-0.4, -0.2) is 97.7 Å². The molecule has 0 aliphatic carbocycles. The Morgan fingerprint density at radius 1 is 0.255 bits per heavy atom. The minimum absolute atomic E-state index is 0.00622. The fourth-order valence-corrected chi connectivity index (χ4v) is 6.22. The quantitative estimate of drug-likeness (QED) is 0.146. The second-order valence-corrected chi connectivity index (χ2v) is 26.6. The number of methoxy groups -OCH3 is 6. The second kappa shape index (κ2) is 56.4. The molecule has 0 spiro atoms. The van der Waals surface area contributed by atoms with Crippen LogP contribution in [0.4, 0.5) is 0 Å². The zero-order chi connectivity index (χ0) is 78.3. The van der Waals surface area contributed by atoms with Crippen LogP contribution in [-0.2, 0) is 44.3 Å². The summed E-state index contributed by atoms with van der Waals surface area (Å²) in [6, 6.07) is 16.3. The van der Waals surface area contributed by atoms with Crippen molar-refractivity contribution in [1.82, 2.24) is 55.1 Å². The van der Waals surface area contributed by atoms with E-state index >= 15 is 0 Å². The normalized spacial score (nSPS) is 10.2. The topological polar surface area (TPSA) is 197 Å². The van der Waals surface area contributed by atoms with Gasteiger partial charge in [0.15, 0.2) is 5.75 Å². The van der Waals surface area contributed by atoms with E-state index in [2.05, 4.69) is 220 Å². The van der Waals surface area contributed by atoms with Gasteiger partial charge in [-0.1, -0.05) is 261 Å². The first-order valence-corrected chi connectivity index (χ1v) is 35.2.